The molecule has 0 atom stereocenters. The number of anilines is 1. The standard InChI is InChI=1S/C10H14BrN3/c1-13-4-6-14(7-5-13)10-8-12-3-2-9(10)11/h2-3,8H,4-7H2,1H3. The molecule has 14 heavy (non-hydrogen) atoms. The van der Waals surface area contributed by atoms with Crippen LogP contribution < -0.4 is 4.90 Å². The normalized spacial score (nSPS) is 18.6. The Labute approximate surface area is 92.9 Å². The fraction of sp³-hybridized carbons (Fsp3) is 0.500. The first-order valence-corrected chi connectivity index (χ1v) is 5.59. The molecule has 0 bridgehead atoms. The molecular formula is C10H14BrN3. The van der Waals surface area contributed by atoms with E-state index in [0.717, 1.165) is 30.7 Å². The molecule has 3 nitrogen and oxygen atoms in total. The van der Waals surface area contributed by atoms with Gasteiger partial charge in [-0.2, -0.15) is 0 Å². The van der Waals surface area contributed by atoms with E-state index >= 15 is 0 Å². The van der Waals surface area contributed by atoms with Crippen molar-refractivity contribution in [3.05, 3.63) is 22.9 Å². The zero-order valence-corrected chi connectivity index (χ0v) is 9.87. The fourth-order valence-corrected chi connectivity index (χ4v) is 2.12. The van der Waals surface area contributed by atoms with E-state index in [0.29, 0.717) is 0 Å². The monoisotopic (exact) mass is 255 g/mol. The maximum Gasteiger partial charge on any atom is 0.0697 e. The molecule has 0 amide bonds. The van der Waals surface area contributed by atoms with E-state index in [1.807, 2.05) is 18.5 Å². The number of pyridine rings is 1. The van der Waals surface area contributed by atoms with Gasteiger partial charge in [0.25, 0.3) is 0 Å². The number of rotatable bonds is 1. The number of hydrogen-bond acceptors (Lipinski definition) is 3. The van der Waals surface area contributed by atoms with Gasteiger partial charge < -0.3 is 9.80 Å². The second-order valence-electron chi connectivity index (χ2n) is 3.62. The van der Waals surface area contributed by atoms with E-state index in [2.05, 4.69) is 37.8 Å². The lowest BCUT2D eigenvalue weighted by atomic mass is 10.3. The molecule has 0 N–H and O–H groups in total. The molecular weight excluding hydrogens is 242 g/mol. The Bertz CT molecular complexity index is 308. The Morgan fingerprint density at radius 1 is 1.29 bits per heavy atom. The van der Waals surface area contributed by atoms with Crippen molar-refractivity contribution < 1.29 is 0 Å². The van der Waals surface area contributed by atoms with Crippen LogP contribution in [0.25, 0.3) is 0 Å². The SMILES string of the molecule is CN1CCN(c2cnccc2Br)CC1. The zero-order chi connectivity index (χ0) is 9.97. The molecule has 4 heteroatoms. The molecule has 1 fully saturated rings. The molecule has 1 aromatic rings. The average Bonchev–Trinajstić information content (AvgIpc) is 2.20. The van der Waals surface area contributed by atoms with Crippen LogP contribution in [0.5, 0.6) is 0 Å². The van der Waals surface area contributed by atoms with Gasteiger partial charge in [-0.1, -0.05) is 0 Å². The Hall–Kier alpha value is -0.610. The van der Waals surface area contributed by atoms with Crippen molar-refractivity contribution in [3.8, 4) is 0 Å². The predicted octanol–water partition coefficient (Wildman–Crippen LogP) is 1.60. The van der Waals surface area contributed by atoms with Crippen LogP contribution in [0.4, 0.5) is 5.69 Å². The molecule has 0 unspecified atom stereocenters. The van der Waals surface area contributed by atoms with E-state index in [4.69, 9.17) is 0 Å². The third-order valence-electron chi connectivity index (χ3n) is 2.59. The van der Waals surface area contributed by atoms with Gasteiger partial charge in [-0.3, -0.25) is 4.98 Å². The second kappa shape index (κ2) is 4.28. The van der Waals surface area contributed by atoms with Gasteiger partial charge in [-0.05, 0) is 29.0 Å². The molecule has 76 valence electrons. The van der Waals surface area contributed by atoms with Crippen LogP contribution in [0.3, 0.4) is 0 Å². The first-order valence-electron chi connectivity index (χ1n) is 4.80. The number of hydrogen-bond donors (Lipinski definition) is 0. The summed E-state index contributed by atoms with van der Waals surface area (Å²) in [5, 5.41) is 0. The maximum absolute atomic E-state index is 4.15. The van der Waals surface area contributed by atoms with Crippen LogP contribution in [-0.4, -0.2) is 43.1 Å². The summed E-state index contributed by atoms with van der Waals surface area (Å²) < 4.78 is 1.14. The number of nitrogens with zero attached hydrogens (tertiary/aromatic N) is 3. The molecule has 0 aromatic carbocycles. The minimum absolute atomic E-state index is 1.08. The molecule has 2 heterocycles. The van der Waals surface area contributed by atoms with Gasteiger partial charge in [0.15, 0.2) is 0 Å². The van der Waals surface area contributed by atoms with Gasteiger partial charge in [0.05, 0.1) is 11.9 Å². The highest BCUT2D eigenvalue weighted by molar-refractivity contribution is 9.10. The lowest BCUT2D eigenvalue weighted by Gasteiger charge is -2.34. The number of aromatic nitrogens is 1. The molecule has 1 aliphatic rings. The number of likely N-dealkylation sites (N-methyl/N-ethyl adjacent to an activating group) is 1. The topological polar surface area (TPSA) is 19.4 Å². The lowest BCUT2D eigenvalue weighted by Crippen LogP contribution is -2.44. The maximum atomic E-state index is 4.15. The first kappa shape index (κ1) is 9.93. The van der Waals surface area contributed by atoms with Crippen LogP contribution in [0, 0.1) is 0 Å². The van der Waals surface area contributed by atoms with Crippen molar-refractivity contribution >= 4 is 21.6 Å². The molecule has 1 aliphatic heterocycles. The van der Waals surface area contributed by atoms with Crippen molar-refractivity contribution in [2.45, 2.75) is 0 Å². The number of halogens is 1. The fourth-order valence-electron chi connectivity index (χ4n) is 1.65. The predicted molar refractivity (Wildman–Crippen MR) is 61.6 cm³/mol. The highest BCUT2D eigenvalue weighted by Gasteiger charge is 2.15. The first-order chi connectivity index (χ1) is 6.77. The third-order valence-corrected chi connectivity index (χ3v) is 3.26. The molecule has 0 aliphatic carbocycles. The van der Waals surface area contributed by atoms with Crippen LogP contribution in [0.2, 0.25) is 0 Å². The van der Waals surface area contributed by atoms with Gasteiger partial charge >= 0.3 is 0 Å². The van der Waals surface area contributed by atoms with Crippen LogP contribution >= 0.6 is 15.9 Å². The Morgan fingerprint density at radius 3 is 2.64 bits per heavy atom. The average molecular weight is 256 g/mol. The van der Waals surface area contributed by atoms with E-state index in [1.165, 1.54) is 5.69 Å². The van der Waals surface area contributed by atoms with E-state index in [9.17, 15) is 0 Å². The van der Waals surface area contributed by atoms with Crippen LogP contribution in [-0.2, 0) is 0 Å². The summed E-state index contributed by atoms with van der Waals surface area (Å²) in [5.74, 6) is 0. The number of piperazine rings is 1. The summed E-state index contributed by atoms with van der Waals surface area (Å²) in [7, 11) is 2.16. The minimum Gasteiger partial charge on any atom is -0.367 e. The Kier molecular flexibility index (Phi) is 3.03. The molecule has 1 aromatic heterocycles. The molecule has 1 saturated heterocycles. The van der Waals surface area contributed by atoms with Crippen molar-refractivity contribution in [1.82, 2.24) is 9.88 Å². The molecule has 0 radical (unpaired) electrons. The molecule has 2 rings (SSSR count). The smallest absolute Gasteiger partial charge is 0.0697 e. The summed E-state index contributed by atoms with van der Waals surface area (Å²) in [6.07, 6.45) is 3.74. The zero-order valence-electron chi connectivity index (χ0n) is 8.28. The summed E-state index contributed by atoms with van der Waals surface area (Å²) >= 11 is 3.55. The summed E-state index contributed by atoms with van der Waals surface area (Å²) in [5.41, 5.74) is 1.21. The quantitative estimate of drug-likeness (QED) is 0.760. The largest absolute Gasteiger partial charge is 0.367 e. The van der Waals surface area contributed by atoms with Crippen molar-refractivity contribution in [3.63, 3.8) is 0 Å². The van der Waals surface area contributed by atoms with Crippen molar-refractivity contribution in [2.75, 3.05) is 38.1 Å². The molecule has 0 saturated carbocycles. The summed E-state index contributed by atoms with van der Waals surface area (Å²) in [6, 6.07) is 1.99. The highest BCUT2D eigenvalue weighted by atomic mass is 79.9. The van der Waals surface area contributed by atoms with E-state index < -0.39 is 0 Å². The third kappa shape index (κ3) is 2.07. The van der Waals surface area contributed by atoms with Gasteiger partial charge in [-0.15, -0.1) is 0 Å². The van der Waals surface area contributed by atoms with Crippen LogP contribution in [0.1, 0.15) is 0 Å². The van der Waals surface area contributed by atoms with Gasteiger partial charge in [0.1, 0.15) is 0 Å². The van der Waals surface area contributed by atoms with E-state index in [1.54, 1.807) is 0 Å². The molecule has 0 spiro atoms. The van der Waals surface area contributed by atoms with Crippen LogP contribution in [0.15, 0.2) is 22.9 Å². The summed E-state index contributed by atoms with van der Waals surface area (Å²) in [6.45, 7) is 4.42. The van der Waals surface area contributed by atoms with Crippen molar-refractivity contribution in [1.29, 1.82) is 0 Å². The Balaban J connectivity index is 2.12. The van der Waals surface area contributed by atoms with E-state index in [-0.39, 0.29) is 0 Å². The lowest BCUT2D eigenvalue weighted by molar-refractivity contribution is 0.312. The van der Waals surface area contributed by atoms with Gasteiger partial charge in [0.2, 0.25) is 0 Å². The highest BCUT2D eigenvalue weighted by Crippen LogP contribution is 2.25. The van der Waals surface area contributed by atoms with Gasteiger partial charge in [-0.25, -0.2) is 0 Å². The summed E-state index contributed by atoms with van der Waals surface area (Å²) in [4.78, 5) is 8.87. The van der Waals surface area contributed by atoms with Crippen molar-refractivity contribution in [2.24, 2.45) is 0 Å². The minimum atomic E-state index is 1.08. The van der Waals surface area contributed by atoms with Gasteiger partial charge in [0, 0.05) is 36.8 Å². The second-order valence-corrected chi connectivity index (χ2v) is 4.47. The Morgan fingerprint density at radius 2 is 2.00 bits per heavy atom.